The van der Waals surface area contributed by atoms with E-state index in [4.69, 9.17) is 69.6 Å². The molecule has 0 spiro atoms. The highest BCUT2D eigenvalue weighted by Crippen LogP contribution is 2.36. The number of amides is 5. The maximum atomic E-state index is 12.7. The van der Waals surface area contributed by atoms with Gasteiger partial charge in [0.2, 0.25) is 10.0 Å². The number of aryl methyl sites for hydroxylation is 2. The summed E-state index contributed by atoms with van der Waals surface area (Å²) in [6, 6.07) is 85.9. The second kappa shape index (κ2) is 48.0. The van der Waals surface area contributed by atoms with Gasteiger partial charge in [0.25, 0.3) is 29.5 Å². The van der Waals surface area contributed by atoms with E-state index in [1.807, 2.05) is 170 Å². The van der Waals surface area contributed by atoms with E-state index in [0.29, 0.717) is 118 Å². The summed E-state index contributed by atoms with van der Waals surface area (Å²) in [5.41, 5.74) is 18.4. The number of carbonyl (C=O) groups is 5. The molecule has 18 aromatic rings. The first-order chi connectivity index (χ1) is 67.9. The van der Waals surface area contributed by atoms with Crippen molar-refractivity contribution < 1.29 is 40.8 Å². The van der Waals surface area contributed by atoms with E-state index >= 15 is 0 Å². The monoisotopic (exact) mass is 2030 g/mol. The van der Waals surface area contributed by atoms with Crippen molar-refractivity contribution in [2.45, 2.75) is 39.2 Å². The van der Waals surface area contributed by atoms with E-state index in [1.165, 1.54) is 36.8 Å². The van der Waals surface area contributed by atoms with Crippen LogP contribution in [0.5, 0.6) is 0 Å². The van der Waals surface area contributed by atoms with Gasteiger partial charge in [0.1, 0.15) is 18.5 Å². The van der Waals surface area contributed by atoms with Crippen LogP contribution in [-0.4, -0.2) is 128 Å². The standard InChI is InChI=1S/C24H21ClN4O.2C21H16ClN5O.C20H16Cl2N2O3S.C18H15ClN4O3S/c1-16-13-17(2)29(28-16)15-18-6-8-19(9-7-18)24(30)27-20-10-11-22(25)21(14-20)23-5-3-4-12-26-23;22-19-9-8-17(11-18(19)20-3-1-2-10-24-20)26-21(28)16-6-4-15(5-7-16)12-27-14-23-13-25-27;22-19-9-8-17(13-18(19)20-3-1-2-10-23-20)25-21(28)16-6-4-15(5-7-16)14-27-12-11-24-26-27;1-28(26,27)12-13-5-7-15(18(22)10-13)20(25)24-14-6-8-17(21)16(11-14)19-4-2-3-9-23-19;1-27(25,26)23-17-8-5-12(11-21-17)18(24)22-13-6-7-15(19)14(10-13)16-4-2-3-9-20-16/h3-14H,15H2,1-2H3,(H,27,30);1-11,13-14H,12H2,(H,26,28);1-13H,14H2,(H,25,28);2-11H,12H2,1H3,(H,24,25);2-11H,1H3,(H,21,23)(H,22,24). The van der Waals surface area contributed by atoms with Gasteiger partial charge in [-0.1, -0.05) is 148 Å². The molecule has 0 saturated carbocycles. The topological polar surface area (TPSA) is 382 Å². The number of sulfonamides is 1. The summed E-state index contributed by atoms with van der Waals surface area (Å²) >= 11 is 37.6. The molecule has 37 heteroatoms. The zero-order valence-electron chi connectivity index (χ0n) is 75.3. The molecule has 0 saturated heterocycles. The maximum Gasteiger partial charge on any atom is 0.257 e. The van der Waals surface area contributed by atoms with Crippen molar-refractivity contribution >= 4 is 153 Å². The van der Waals surface area contributed by atoms with Gasteiger partial charge in [-0.3, -0.25) is 58.3 Å². The quantitative estimate of drug-likeness (QED) is 0.0309. The SMILES string of the molecule is CS(=O)(=O)Cc1ccc(C(=O)Nc2ccc(Cl)c(-c3ccccn3)c2)c(Cl)c1.CS(=O)(=O)Nc1ccc(C(=O)Nc2ccc(Cl)c(-c3ccccn3)c2)cn1.Cc1cc(C)n(Cc2ccc(C(=O)Nc3ccc(Cl)c(-c4ccccn4)c3)cc2)n1.O=C(Nc1ccc(Cl)c(-c2ccccn2)c1)c1ccc(Cn2ccnn2)cc1.O=C(Nc1ccc(Cl)c(-c2ccccn2)c1)c1ccc(Cn2cncn2)cc1. The maximum absolute atomic E-state index is 12.7. The van der Waals surface area contributed by atoms with Gasteiger partial charge in [-0.15, -0.1) is 5.10 Å². The van der Waals surface area contributed by atoms with E-state index in [0.717, 1.165) is 74.4 Å². The summed E-state index contributed by atoms with van der Waals surface area (Å²) in [6.07, 6.45) is 18.5. The molecule has 5 amide bonds. The normalized spacial score (nSPS) is 10.9. The van der Waals surface area contributed by atoms with Crippen LogP contribution in [0.15, 0.2) is 353 Å². The van der Waals surface area contributed by atoms with Crippen LogP contribution in [0, 0.1) is 13.8 Å². The van der Waals surface area contributed by atoms with Crippen LogP contribution < -0.4 is 31.3 Å². The van der Waals surface area contributed by atoms with E-state index in [1.54, 1.807) is 174 Å². The predicted molar refractivity (Wildman–Crippen MR) is 554 cm³/mol. The zero-order chi connectivity index (χ0) is 99.5. The van der Waals surface area contributed by atoms with Gasteiger partial charge < -0.3 is 26.6 Å². The zero-order valence-corrected chi connectivity index (χ0v) is 81.5. The highest BCUT2D eigenvalue weighted by atomic mass is 35.5. The summed E-state index contributed by atoms with van der Waals surface area (Å²) in [5, 5.41) is 33.5. The molecule has 0 aliphatic carbocycles. The average Bonchev–Trinajstić information content (AvgIpc) is 1.49. The van der Waals surface area contributed by atoms with Crippen LogP contribution in [0.2, 0.25) is 30.1 Å². The second-order valence-corrected chi connectivity index (χ2v) is 37.7. The lowest BCUT2D eigenvalue weighted by atomic mass is 10.1. The van der Waals surface area contributed by atoms with Crippen molar-refractivity contribution in [2.24, 2.45) is 0 Å². The summed E-state index contributed by atoms with van der Waals surface area (Å²) in [5.74, 6) is -1.37. The highest BCUT2D eigenvalue weighted by Gasteiger charge is 2.20. The third-order valence-electron chi connectivity index (χ3n) is 20.6. The number of aromatic nitrogens is 14. The van der Waals surface area contributed by atoms with Crippen molar-refractivity contribution in [3.63, 3.8) is 0 Å². The third kappa shape index (κ3) is 29.6. The second-order valence-electron chi connectivity index (χ2n) is 31.4. The molecule has 9 aromatic heterocycles. The lowest BCUT2D eigenvalue weighted by Gasteiger charge is -2.11. The Kier molecular flexibility index (Phi) is 34.4. The molecule has 0 unspecified atom stereocenters. The number of halogens is 6. The fraction of sp³-hybridized carbons (Fsp3) is 0.0769. The number of carbonyl (C=O) groups excluding carboxylic acids is 5. The van der Waals surface area contributed by atoms with E-state index in [9.17, 15) is 40.8 Å². The summed E-state index contributed by atoms with van der Waals surface area (Å²) in [7, 11) is -6.61. The van der Waals surface area contributed by atoms with Crippen molar-refractivity contribution in [3.8, 4) is 56.3 Å². The number of anilines is 6. The van der Waals surface area contributed by atoms with Gasteiger partial charge in [-0.2, -0.15) is 10.2 Å². The van der Waals surface area contributed by atoms with E-state index in [2.05, 4.69) is 86.7 Å². The van der Waals surface area contributed by atoms with Gasteiger partial charge in [-0.05, 0) is 254 Å². The van der Waals surface area contributed by atoms with Crippen molar-refractivity contribution in [1.82, 2.24) is 69.4 Å². The first kappa shape index (κ1) is 101. The Morgan fingerprint density at radius 3 is 1.01 bits per heavy atom. The van der Waals surface area contributed by atoms with E-state index < -0.39 is 25.8 Å². The molecular weight excluding hydrogens is 1950 g/mol. The Hall–Kier alpha value is -15.8. The minimum atomic E-state index is -3.43. The molecular formula is C104H84Cl6N20O9S2. The fourth-order valence-electron chi connectivity index (χ4n) is 13.8. The minimum absolute atomic E-state index is 0.137. The first-order valence-corrected chi connectivity index (χ1v) is 49.1. The Bertz CT molecular complexity index is 7480. The molecule has 708 valence electrons. The van der Waals surface area contributed by atoms with Gasteiger partial charge >= 0.3 is 0 Å². The molecule has 0 radical (unpaired) electrons. The number of hydrogen-bond donors (Lipinski definition) is 6. The lowest BCUT2D eigenvalue weighted by Crippen LogP contribution is -2.14. The van der Waals surface area contributed by atoms with Crippen molar-refractivity contribution in [3.05, 3.63) is 445 Å². The van der Waals surface area contributed by atoms with Crippen molar-refractivity contribution in [2.75, 3.05) is 43.8 Å². The summed E-state index contributed by atoms with van der Waals surface area (Å²) in [6.45, 7) is 5.89. The van der Waals surface area contributed by atoms with Crippen LogP contribution in [0.1, 0.15) is 85.4 Å². The number of benzene rings is 9. The molecule has 0 bridgehead atoms. The first-order valence-electron chi connectivity index (χ1n) is 42.9. The number of nitrogens with zero attached hydrogens (tertiary/aromatic N) is 14. The molecule has 141 heavy (non-hydrogen) atoms. The molecule has 29 nitrogen and oxygen atoms in total. The van der Waals surface area contributed by atoms with Crippen LogP contribution in [0.3, 0.4) is 0 Å². The Morgan fingerprint density at radius 1 is 0.348 bits per heavy atom. The predicted octanol–water partition coefficient (Wildman–Crippen LogP) is 22.4. The average molecular weight is 2030 g/mol. The number of hydrogen-bond acceptors (Lipinski definition) is 20. The molecule has 18 rings (SSSR count). The van der Waals surface area contributed by atoms with Crippen molar-refractivity contribution in [1.29, 1.82) is 0 Å². The molecule has 0 aliphatic rings. The van der Waals surface area contributed by atoms with Crippen LogP contribution >= 0.6 is 69.6 Å². The Balaban J connectivity index is 0.000000140. The Labute approximate surface area is 841 Å². The number of pyridine rings is 6. The van der Waals surface area contributed by atoms with Crippen LogP contribution in [-0.2, 0) is 45.2 Å². The molecule has 9 heterocycles. The van der Waals surface area contributed by atoms with Crippen LogP contribution in [0.25, 0.3) is 56.3 Å². The van der Waals surface area contributed by atoms with Gasteiger partial charge in [0.15, 0.2) is 9.84 Å². The van der Waals surface area contributed by atoms with Gasteiger partial charge in [0, 0.05) is 128 Å². The molecule has 9 aromatic carbocycles. The van der Waals surface area contributed by atoms with Crippen LogP contribution in [0.4, 0.5) is 34.3 Å². The van der Waals surface area contributed by atoms with Gasteiger partial charge in [-0.25, -0.2) is 36.2 Å². The molecule has 0 aliphatic heterocycles. The van der Waals surface area contributed by atoms with E-state index in [-0.39, 0.29) is 51.3 Å². The molecule has 0 fully saturated rings. The minimum Gasteiger partial charge on any atom is -0.322 e. The number of nitrogens with one attached hydrogen (secondary N) is 6. The lowest BCUT2D eigenvalue weighted by molar-refractivity contribution is 0.101. The highest BCUT2D eigenvalue weighted by molar-refractivity contribution is 7.92. The Morgan fingerprint density at radius 2 is 0.702 bits per heavy atom. The molecule has 6 N–H and O–H groups in total. The summed E-state index contributed by atoms with van der Waals surface area (Å²) < 4.78 is 52.8. The number of sulfone groups is 1. The van der Waals surface area contributed by atoms with Gasteiger partial charge in [0.05, 0.1) is 113 Å². The summed E-state index contributed by atoms with van der Waals surface area (Å²) in [4.78, 5) is 92.2. The largest absolute Gasteiger partial charge is 0.322 e. The fourth-order valence-corrected chi connectivity index (χ4v) is 16.5. The smallest absolute Gasteiger partial charge is 0.257 e. The molecule has 0 atom stereocenters. The third-order valence-corrected chi connectivity index (χ3v) is 24.0. The number of rotatable bonds is 25.